The van der Waals surface area contributed by atoms with Gasteiger partial charge in [-0.25, -0.2) is 4.98 Å². The second-order valence-corrected chi connectivity index (χ2v) is 6.87. The van der Waals surface area contributed by atoms with Gasteiger partial charge in [0.1, 0.15) is 5.82 Å². The van der Waals surface area contributed by atoms with Gasteiger partial charge in [0.2, 0.25) is 0 Å². The molecule has 5 nitrogen and oxygen atoms in total. The summed E-state index contributed by atoms with van der Waals surface area (Å²) >= 11 is 0. The highest BCUT2D eigenvalue weighted by Crippen LogP contribution is 2.23. The molecule has 0 radical (unpaired) electrons. The zero-order valence-corrected chi connectivity index (χ0v) is 17.3. The quantitative estimate of drug-likeness (QED) is 0.529. The van der Waals surface area contributed by atoms with Crippen LogP contribution in [-0.2, 0) is 0 Å². The van der Waals surface area contributed by atoms with Crippen molar-refractivity contribution in [2.45, 2.75) is 33.2 Å². The van der Waals surface area contributed by atoms with Crippen LogP contribution in [0.15, 0.2) is 42.5 Å². The van der Waals surface area contributed by atoms with Gasteiger partial charge in [-0.3, -0.25) is 4.79 Å². The van der Waals surface area contributed by atoms with Gasteiger partial charge in [-0.05, 0) is 49.1 Å². The number of nitrogens with one attached hydrogen (secondary N) is 2. The van der Waals surface area contributed by atoms with Crippen LogP contribution < -0.4 is 11.1 Å². The molecule has 0 bridgehead atoms. The first-order chi connectivity index (χ1) is 11.9. The monoisotopic (exact) mass is 408 g/mol. The Balaban J connectivity index is 0.00000182. The summed E-state index contributed by atoms with van der Waals surface area (Å²) in [5, 5.41) is 3.12. The number of hydrogen-bond acceptors (Lipinski definition) is 3. The molecule has 7 heteroatoms. The number of carbonyl (C=O) groups is 1. The first kappa shape index (κ1) is 22.8. The lowest BCUT2D eigenvalue weighted by Crippen LogP contribution is -2.30. The number of hydrogen-bond donors (Lipinski definition) is 3. The summed E-state index contributed by atoms with van der Waals surface area (Å²) in [4.78, 5) is 20.8. The Morgan fingerprint density at radius 1 is 1.19 bits per heavy atom. The standard InChI is InChI=1S/C20H24N4O.2ClH/c1-12(2)10-18(19-22-16-6-4-5-7-17(16)23-19)24-20(25)15-11-14(21)9-8-13(15)3;;/h4-9,11-12,18H,10,21H2,1-3H3,(H,22,23)(H,24,25);2*1H. The van der Waals surface area contributed by atoms with E-state index in [2.05, 4.69) is 29.1 Å². The van der Waals surface area contributed by atoms with Crippen LogP contribution in [0.1, 0.15) is 48.1 Å². The van der Waals surface area contributed by atoms with Crippen LogP contribution in [0.2, 0.25) is 0 Å². The molecule has 0 aliphatic heterocycles. The maximum atomic E-state index is 12.8. The maximum Gasteiger partial charge on any atom is 0.252 e. The van der Waals surface area contributed by atoms with Crippen molar-refractivity contribution < 1.29 is 4.79 Å². The van der Waals surface area contributed by atoms with Crippen LogP contribution in [0, 0.1) is 12.8 Å². The van der Waals surface area contributed by atoms with E-state index in [-0.39, 0.29) is 36.8 Å². The third-order valence-corrected chi connectivity index (χ3v) is 4.26. The topological polar surface area (TPSA) is 83.8 Å². The SMILES string of the molecule is Cc1ccc(N)cc1C(=O)NC(CC(C)C)c1nc2ccccc2[nH]1.Cl.Cl. The van der Waals surface area contributed by atoms with Crippen molar-refractivity contribution >= 4 is 47.4 Å². The van der Waals surface area contributed by atoms with Gasteiger partial charge in [-0.15, -0.1) is 24.8 Å². The third kappa shape index (κ3) is 5.37. The Morgan fingerprint density at radius 2 is 1.89 bits per heavy atom. The second-order valence-electron chi connectivity index (χ2n) is 6.87. The average Bonchev–Trinajstić information content (AvgIpc) is 3.00. The van der Waals surface area contributed by atoms with Crippen molar-refractivity contribution in [2.75, 3.05) is 5.73 Å². The van der Waals surface area contributed by atoms with E-state index < -0.39 is 0 Å². The number of aryl methyl sites for hydroxylation is 1. The molecule has 4 N–H and O–H groups in total. The highest BCUT2D eigenvalue weighted by Gasteiger charge is 2.21. The highest BCUT2D eigenvalue weighted by molar-refractivity contribution is 5.96. The Morgan fingerprint density at radius 3 is 2.56 bits per heavy atom. The van der Waals surface area contributed by atoms with E-state index in [0.29, 0.717) is 17.2 Å². The minimum Gasteiger partial charge on any atom is -0.399 e. The number of benzene rings is 2. The second kappa shape index (κ2) is 9.62. The molecule has 3 aromatic rings. The lowest BCUT2D eigenvalue weighted by molar-refractivity contribution is 0.0929. The molecule has 146 valence electrons. The fourth-order valence-electron chi connectivity index (χ4n) is 2.97. The summed E-state index contributed by atoms with van der Waals surface area (Å²) in [6.45, 7) is 6.17. The number of nitrogen functional groups attached to an aromatic ring is 1. The van der Waals surface area contributed by atoms with E-state index in [1.54, 1.807) is 12.1 Å². The smallest absolute Gasteiger partial charge is 0.252 e. The molecule has 1 amide bonds. The Hall–Kier alpha value is -2.24. The number of nitrogens with two attached hydrogens (primary N) is 1. The normalized spacial score (nSPS) is 11.6. The van der Waals surface area contributed by atoms with Gasteiger partial charge in [0.05, 0.1) is 17.1 Å². The fraction of sp³-hybridized carbons (Fsp3) is 0.300. The number of para-hydroxylation sites is 2. The number of nitrogens with zero attached hydrogens (tertiary/aromatic N) is 1. The number of imidazole rings is 1. The largest absolute Gasteiger partial charge is 0.399 e. The summed E-state index contributed by atoms with van der Waals surface area (Å²) in [5.41, 5.74) is 9.80. The highest BCUT2D eigenvalue weighted by atomic mass is 35.5. The molecule has 0 aliphatic rings. The third-order valence-electron chi connectivity index (χ3n) is 4.26. The summed E-state index contributed by atoms with van der Waals surface area (Å²) < 4.78 is 0. The molecular formula is C20H26Cl2N4O. The minimum atomic E-state index is -0.180. The molecule has 0 spiro atoms. The number of halogens is 2. The van der Waals surface area contributed by atoms with Crippen molar-refractivity contribution in [1.82, 2.24) is 15.3 Å². The van der Waals surface area contributed by atoms with Crippen LogP contribution in [0.3, 0.4) is 0 Å². The number of aromatic amines is 1. The van der Waals surface area contributed by atoms with Gasteiger partial charge < -0.3 is 16.0 Å². The minimum absolute atomic E-state index is 0. The number of amides is 1. The number of aromatic nitrogens is 2. The van der Waals surface area contributed by atoms with Gasteiger partial charge in [0, 0.05) is 11.3 Å². The van der Waals surface area contributed by atoms with Crippen molar-refractivity contribution in [3.8, 4) is 0 Å². The number of fused-ring (bicyclic) bond motifs is 1. The molecule has 1 aromatic heterocycles. The molecule has 0 saturated heterocycles. The fourth-order valence-corrected chi connectivity index (χ4v) is 2.97. The summed E-state index contributed by atoms with van der Waals surface area (Å²) in [6, 6.07) is 13.1. The van der Waals surface area contributed by atoms with Gasteiger partial charge >= 0.3 is 0 Å². The molecule has 1 atom stereocenters. The first-order valence-electron chi connectivity index (χ1n) is 8.55. The zero-order chi connectivity index (χ0) is 18.0. The molecule has 0 fully saturated rings. The van der Waals surface area contributed by atoms with E-state index in [9.17, 15) is 4.79 Å². The zero-order valence-electron chi connectivity index (χ0n) is 15.7. The summed E-state index contributed by atoms with van der Waals surface area (Å²) in [5.74, 6) is 1.07. The molecule has 0 aliphatic carbocycles. The van der Waals surface area contributed by atoms with Crippen LogP contribution in [-0.4, -0.2) is 15.9 Å². The van der Waals surface area contributed by atoms with E-state index >= 15 is 0 Å². The Kier molecular flexibility index (Phi) is 8.13. The van der Waals surface area contributed by atoms with Crippen LogP contribution >= 0.6 is 24.8 Å². The van der Waals surface area contributed by atoms with Crippen molar-refractivity contribution in [3.05, 3.63) is 59.4 Å². The Bertz CT molecular complexity index is 875. The average molecular weight is 409 g/mol. The van der Waals surface area contributed by atoms with Gasteiger partial charge in [0.25, 0.3) is 5.91 Å². The number of H-pyrrole nitrogens is 1. The number of carbonyl (C=O) groups excluding carboxylic acids is 1. The molecule has 0 saturated carbocycles. The summed E-state index contributed by atoms with van der Waals surface area (Å²) in [6.07, 6.45) is 0.799. The molecule has 2 aromatic carbocycles. The van der Waals surface area contributed by atoms with Crippen LogP contribution in [0.25, 0.3) is 11.0 Å². The summed E-state index contributed by atoms with van der Waals surface area (Å²) in [7, 11) is 0. The first-order valence-corrected chi connectivity index (χ1v) is 8.55. The molecule has 27 heavy (non-hydrogen) atoms. The van der Waals surface area contributed by atoms with Crippen molar-refractivity contribution in [2.24, 2.45) is 5.92 Å². The number of rotatable bonds is 5. The van der Waals surface area contributed by atoms with E-state index in [0.717, 1.165) is 28.8 Å². The predicted octanol–water partition coefficient (Wildman–Crippen LogP) is 4.81. The molecular weight excluding hydrogens is 383 g/mol. The van der Waals surface area contributed by atoms with Gasteiger partial charge in [-0.2, -0.15) is 0 Å². The van der Waals surface area contributed by atoms with E-state index in [1.165, 1.54) is 0 Å². The Labute approximate surface area is 172 Å². The molecule has 1 heterocycles. The van der Waals surface area contributed by atoms with Crippen LogP contribution in [0.5, 0.6) is 0 Å². The lowest BCUT2D eigenvalue weighted by Gasteiger charge is -2.19. The lowest BCUT2D eigenvalue weighted by atomic mass is 10.0. The van der Waals surface area contributed by atoms with Crippen LogP contribution in [0.4, 0.5) is 5.69 Å². The van der Waals surface area contributed by atoms with Crippen molar-refractivity contribution in [1.29, 1.82) is 0 Å². The van der Waals surface area contributed by atoms with E-state index in [4.69, 9.17) is 5.73 Å². The van der Waals surface area contributed by atoms with Gasteiger partial charge in [-0.1, -0.05) is 32.0 Å². The molecule has 3 rings (SSSR count). The molecule has 1 unspecified atom stereocenters. The number of anilines is 1. The van der Waals surface area contributed by atoms with Gasteiger partial charge in [0.15, 0.2) is 0 Å². The maximum absolute atomic E-state index is 12.8. The van der Waals surface area contributed by atoms with E-state index in [1.807, 2.05) is 37.3 Å². The van der Waals surface area contributed by atoms with Crippen molar-refractivity contribution in [3.63, 3.8) is 0 Å². The predicted molar refractivity (Wildman–Crippen MR) is 116 cm³/mol.